The van der Waals surface area contributed by atoms with Gasteiger partial charge >= 0.3 is 0 Å². The van der Waals surface area contributed by atoms with Crippen LogP contribution in [0.4, 0.5) is 0 Å². The van der Waals surface area contributed by atoms with Crippen molar-refractivity contribution in [1.29, 1.82) is 5.26 Å². The lowest BCUT2D eigenvalue weighted by atomic mass is 9.92. The lowest BCUT2D eigenvalue weighted by Gasteiger charge is -2.29. The standard InChI is InChI=1S/C24H26N4O2S/c1-15(2)30-22-7-5-17(12-19(22)13-25)23-26-27-24(31-23)21-6-4-18-14-28(10-11-29)9-8-20(18)16(21)3/h4-7,12,15,29H,8-11,14H2,1-3H3. The van der Waals surface area contributed by atoms with E-state index in [4.69, 9.17) is 4.74 Å². The number of nitrogens with zero attached hydrogens (tertiary/aromatic N) is 4. The van der Waals surface area contributed by atoms with Gasteiger partial charge in [-0.05, 0) is 62.1 Å². The SMILES string of the molecule is Cc1c(-c2nnc(-c3ccc(OC(C)C)c(C#N)c3)s2)ccc2c1CCN(CCO)C2. The van der Waals surface area contributed by atoms with E-state index in [9.17, 15) is 10.4 Å². The molecule has 0 aliphatic carbocycles. The number of benzene rings is 2. The van der Waals surface area contributed by atoms with Crippen LogP contribution in [0.3, 0.4) is 0 Å². The van der Waals surface area contributed by atoms with Crippen LogP contribution in [0, 0.1) is 18.3 Å². The highest BCUT2D eigenvalue weighted by Crippen LogP contribution is 2.36. The van der Waals surface area contributed by atoms with Crippen molar-refractivity contribution in [3.8, 4) is 33.0 Å². The average Bonchev–Trinajstić information content (AvgIpc) is 3.24. The van der Waals surface area contributed by atoms with Crippen molar-refractivity contribution >= 4 is 11.3 Å². The van der Waals surface area contributed by atoms with E-state index in [2.05, 4.69) is 40.2 Å². The summed E-state index contributed by atoms with van der Waals surface area (Å²) in [5.41, 5.74) is 6.43. The molecule has 2 heterocycles. The van der Waals surface area contributed by atoms with Crippen LogP contribution in [0.5, 0.6) is 5.75 Å². The molecule has 0 unspecified atom stereocenters. The fraction of sp³-hybridized carbons (Fsp3) is 0.375. The van der Waals surface area contributed by atoms with Crippen molar-refractivity contribution in [3.05, 3.63) is 52.6 Å². The molecule has 6 nitrogen and oxygen atoms in total. The molecule has 1 N–H and O–H groups in total. The number of fused-ring (bicyclic) bond motifs is 1. The van der Waals surface area contributed by atoms with Crippen molar-refractivity contribution in [2.45, 2.75) is 39.8 Å². The molecule has 1 aliphatic rings. The summed E-state index contributed by atoms with van der Waals surface area (Å²) in [5, 5.41) is 29.2. The molecule has 0 amide bonds. The fourth-order valence-corrected chi connectivity index (χ4v) is 4.94. The predicted molar refractivity (Wildman–Crippen MR) is 122 cm³/mol. The molecular formula is C24H26N4O2S. The van der Waals surface area contributed by atoms with E-state index < -0.39 is 0 Å². The first-order valence-electron chi connectivity index (χ1n) is 10.5. The van der Waals surface area contributed by atoms with Crippen LogP contribution in [-0.2, 0) is 13.0 Å². The van der Waals surface area contributed by atoms with Gasteiger partial charge in [-0.15, -0.1) is 10.2 Å². The van der Waals surface area contributed by atoms with Gasteiger partial charge in [0.05, 0.1) is 18.3 Å². The van der Waals surface area contributed by atoms with Crippen molar-refractivity contribution in [2.75, 3.05) is 19.7 Å². The smallest absolute Gasteiger partial charge is 0.148 e. The van der Waals surface area contributed by atoms with Crippen LogP contribution < -0.4 is 4.74 Å². The summed E-state index contributed by atoms with van der Waals surface area (Å²) in [5.74, 6) is 0.590. The highest BCUT2D eigenvalue weighted by molar-refractivity contribution is 7.17. The quantitative estimate of drug-likeness (QED) is 0.626. The minimum absolute atomic E-state index is 0.00813. The van der Waals surface area contributed by atoms with Crippen molar-refractivity contribution < 1.29 is 9.84 Å². The predicted octanol–water partition coefficient (Wildman–Crippen LogP) is 4.19. The average molecular weight is 435 g/mol. The van der Waals surface area contributed by atoms with E-state index in [1.807, 2.05) is 32.0 Å². The zero-order chi connectivity index (χ0) is 22.0. The zero-order valence-corrected chi connectivity index (χ0v) is 18.9. The molecule has 0 radical (unpaired) electrons. The minimum atomic E-state index is 0.00813. The fourth-order valence-electron chi connectivity index (χ4n) is 4.02. The number of aliphatic hydroxyl groups excluding tert-OH is 1. The molecule has 0 saturated carbocycles. The van der Waals surface area contributed by atoms with E-state index in [1.54, 1.807) is 0 Å². The summed E-state index contributed by atoms with van der Waals surface area (Å²) < 4.78 is 5.72. The molecule has 160 valence electrons. The number of nitriles is 1. The number of β-amino-alcohol motifs (C(OH)–C–C–N with tert-alkyl or cyclic N) is 1. The van der Waals surface area contributed by atoms with Gasteiger partial charge in [0, 0.05) is 30.8 Å². The van der Waals surface area contributed by atoms with Gasteiger partial charge in [0.25, 0.3) is 0 Å². The summed E-state index contributed by atoms with van der Waals surface area (Å²) in [6.07, 6.45) is 0.984. The van der Waals surface area contributed by atoms with Crippen molar-refractivity contribution in [3.63, 3.8) is 0 Å². The highest BCUT2D eigenvalue weighted by atomic mass is 32.1. The lowest BCUT2D eigenvalue weighted by molar-refractivity contribution is 0.184. The maximum absolute atomic E-state index is 9.51. The summed E-state index contributed by atoms with van der Waals surface area (Å²) in [4.78, 5) is 2.28. The monoisotopic (exact) mass is 434 g/mol. The molecule has 1 aliphatic heterocycles. The third-order valence-corrected chi connectivity index (χ3v) is 6.55. The van der Waals surface area contributed by atoms with Crippen molar-refractivity contribution in [1.82, 2.24) is 15.1 Å². The van der Waals surface area contributed by atoms with E-state index >= 15 is 0 Å². The summed E-state index contributed by atoms with van der Waals surface area (Å²) in [7, 11) is 0. The second-order valence-corrected chi connectivity index (χ2v) is 9.00. The first-order chi connectivity index (χ1) is 15.0. The second kappa shape index (κ2) is 9.15. The van der Waals surface area contributed by atoms with Gasteiger partial charge in [0.2, 0.25) is 0 Å². The maximum Gasteiger partial charge on any atom is 0.148 e. The van der Waals surface area contributed by atoms with Gasteiger partial charge in [0.1, 0.15) is 21.8 Å². The molecular weight excluding hydrogens is 408 g/mol. The van der Waals surface area contributed by atoms with Crippen LogP contribution >= 0.6 is 11.3 Å². The molecule has 2 aromatic carbocycles. The molecule has 4 rings (SSSR count). The molecule has 31 heavy (non-hydrogen) atoms. The third-order valence-electron chi connectivity index (χ3n) is 5.55. The Kier molecular flexibility index (Phi) is 6.33. The molecule has 0 bridgehead atoms. The molecule has 1 aromatic heterocycles. The van der Waals surface area contributed by atoms with Crippen LogP contribution in [0.2, 0.25) is 0 Å². The van der Waals surface area contributed by atoms with Gasteiger partial charge in [-0.25, -0.2) is 0 Å². The normalized spacial score (nSPS) is 13.8. The van der Waals surface area contributed by atoms with Gasteiger partial charge in [-0.3, -0.25) is 4.90 Å². The molecule has 7 heteroatoms. The molecule has 0 fully saturated rings. The van der Waals surface area contributed by atoms with Crippen molar-refractivity contribution in [2.24, 2.45) is 0 Å². The molecule has 0 saturated heterocycles. The Morgan fingerprint density at radius 1 is 1.23 bits per heavy atom. The largest absolute Gasteiger partial charge is 0.490 e. The molecule has 0 atom stereocenters. The Bertz CT molecular complexity index is 1130. The van der Waals surface area contributed by atoms with Crippen LogP contribution in [-0.4, -0.2) is 46.0 Å². The summed E-state index contributed by atoms with van der Waals surface area (Å²) in [6, 6.07) is 12.1. The van der Waals surface area contributed by atoms with E-state index in [0.29, 0.717) is 17.9 Å². The summed E-state index contributed by atoms with van der Waals surface area (Å²) >= 11 is 1.54. The van der Waals surface area contributed by atoms with Gasteiger partial charge in [-0.1, -0.05) is 23.5 Å². The van der Waals surface area contributed by atoms with E-state index in [1.165, 1.54) is 28.0 Å². The number of hydrogen-bond acceptors (Lipinski definition) is 7. The second-order valence-electron chi connectivity index (χ2n) is 8.03. The Morgan fingerprint density at radius 3 is 2.77 bits per heavy atom. The van der Waals surface area contributed by atoms with Gasteiger partial charge in [0.15, 0.2) is 0 Å². The highest BCUT2D eigenvalue weighted by Gasteiger charge is 2.21. The molecule has 0 spiro atoms. The Balaban J connectivity index is 1.62. The van der Waals surface area contributed by atoms with E-state index in [-0.39, 0.29) is 12.7 Å². The first-order valence-corrected chi connectivity index (χ1v) is 11.3. The minimum Gasteiger partial charge on any atom is -0.490 e. The van der Waals surface area contributed by atoms with Gasteiger partial charge in [-0.2, -0.15) is 5.26 Å². The Labute approximate surface area is 186 Å². The number of aliphatic hydroxyl groups is 1. The topological polar surface area (TPSA) is 82.3 Å². The number of aromatic nitrogens is 2. The molecule has 3 aromatic rings. The van der Waals surface area contributed by atoms with Crippen LogP contribution in [0.25, 0.3) is 21.1 Å². The number of hydrogen-bond donors (Lipinski definition) is 1. The first kappa shape index (κ1) is 21.4. The van der Waals surface area contributed by atoms with Crippen LogP contribution in [0.1, 0.15) is 36.1 Å². The number of rotatable bonds is 6. The Hall–Kier alpha value is -2.79. The summed E-state index contributed by atoms with van der Waals surface area (Å²) in [6.45, 7) is 8.78. The Morgan fingerprint density at radius 2 is 2.03 bits per heavy atom. The zero-order valence-electron chi connectivity index (χ0n) is 18.1. The number of ether oxygens (including phenoxy) is 1. The van der Waals surface area contributed by atoms with Crippen LogP contribution in [0.15, 0.2) is 30.3 Å². The maximum atomic E-state index is 9.51. The lowest BCUT2D eigenvalue weighted by Crippen LogP contribution is -2.33. The van der Waals surface area contributed by atoms with E-state index in [0.717, 1.165) is 40.7 Å². The van der Waals surface area contributed by atoms with Gasteiger partial charge < -0.3 is 9.84 Å². The third kappa shape index (κ3) is 4.47.